The highest BCUT2D eigenvalue weighted by Crippen LogP contribution is 2.32. The fourth-order valence-corrected chi connectivity index (χ4v) is 7.71. The first-order chi connectivity index (χ1) is 17.2. The molecule has 7 nitrogen and oxygen atoms in total. The van der Waals surface area contributed by atoms with E-state index in [1.807, 2.05) is 22.4 Å². The number of benzene rings is 2. The van der Waals surface area contributed by atoms with E-state index in [-0.39, 0.29) is 23.4 Å². The fourth-order valence-electron chi connectivity index (χ4n) is 5.36. The molecule has 0 bridgehead atoms. The zero-order valence-electron chi connectivity index (χ0n) is 20.5. The van der Waals surface area contributed by atoms with E-state index in [1.54, 1.807) is 29.8 Å². The Bertz CT molecular complexity index is 1340. The molecule has 1 amide bonds. The molecule has 2 aliphatic rings. The van der Waals surface area contributed by atoms with E-state index in [9.17, 15) is 13.2 Å². The minimum Gasteiger partial charge on any atom is -0.338 e. The Morgan fingerprint density at radius 3 is 2.50 bits per heavy atom. The van der Waals surface area contributed by atoms with Gasteiger partial charge in [0.15, 0.2) is 0 Å². The molecule has 2 fully saturated rings. The van der Waals surface area contributed by atoms with E-state index in [4.69, 9.17) is 11.6 Å². The van der Waals surface area contributed by atoms with Gasteiger partial charge in [-0.2, -0.15) is 4.31 Å². The maximum absolute atomic E-state index is 14.0. The first kappa shape index (κ1) is 25.6. The van der Waals surface area contributed by atoms with Gasteiger partial charge in [0.05, 0.1) is 22.6 Å². The number of sulfonamides is 1. The van der Waals surface area contributed by atoms with Crippen LogP contribution < -0.4 is 0 Å². The molecule has 0 N–H and O–H groups in total. The quantitative estimate of drug-likeness (QED) is 0.432. The lowest BCUT2D eigenvalue weighted by Gasteiger charge is -2.38. The molecule has 0 radical (unpaired) electrons. The van der Waals surface area contributed by atoms with E-state index in [0.717, 1.165) is 36.7 Å². The van der Waals surface area contributed by atoms with Crippen molar-refractivity contribution in [1.29, 1.82) is 0 Å². The molecule has 2 saturated heterocycles. The molecule has 3 heterocycles. The number of halogens is 1. The molecule has 2 aliphatic heterocycles. The maximum atomic E-state index is 14.0. The van der Waals surface area contributed by atoms with Crippen LogP contribution in [-0.2, 0) is 21.4 Å². The van der Waals surface area contributed by atoms with Crippen LogP contribution in [0.15, 0.2) is 52.2 Å². The molecule has 192 valence electrons. The summed E-state index contributed by atoms with van der Waals surface area (Å²) in [6.07, 6.45) is 2.32. The van der Waals surface area contributed by atoms with Crippen molar-refractivity contribution in [2.24, 2.45) is 0 Å². The van der Waals surface area contributed by atoms with Gasteiger partial charge in [-0.25, -0.2) is 13.4 Å². The topological polar surface area (TPSA) is 73.8 Å². The highest BCUT2D eigenvalue weighted by molar-refractivity contribution is 7.89. The molecule has 10 heteroatoms. The van der Waals surface area contributed by atoms with Crippen LogP contribution in [-0.4, -0.2) is 71.2 Å². The SMILES string of the molecule is CC(C)N1CCC(N2CC[C@H](N(Cc3cscn3)S(=O)(=O)c3ccc4cc(Cl)ccc4c3)C2=O)CC1. The summed E-state index contributed by atoms with van der Waals surface area (Å²) in [5.41, 5.74) is 2.33. The molecule has 1 atom stereocenters. The van der Waals surface area contributed by atoms with Crippen LogP contribution in [0.3, 0.4) is 0 Å². The lowest BCUT2D eigenvalue weighted by Crippen LogP contribution is -2.50. The van der Waals surface area contributed by atoms with Crippen LogP contribution in [0.1, 0.15) is 38.8 Å². The molecule has 36 heavy (non-hydrogen) atoms. The van der Waals surface area contributed by atoms with Crippen molar-refractivity contribution in [1.82, 2.24) is 19.1 Å². The van der Waals surface area contributed by atoms with Crippen molar-refractivity contribution >= 4 is 49.6 Å². The maximum Gasteiger partial charge on any atom is 0.244 e. The molecule has 1 aromatic heterocycles. The Kier molecular flexibility index (Phi) is 7.38. The zero-order valence-corrected chi connectivity index (χ0v) is 22.9. The summed E-state index contributed by atoms with van der Waals surface area (Å²) in [4.78, 5) is 22.5. The van der Waals surface area contributed by atoms with E-state index in [1.165, 1.54) is 15.6 Å². The summed E-state index contributed by atoms with van der Waals surface area (Å²) < 4.78 is 29.4. The van der Waals surface area contributed by atoms with Crippen LogP contribution in [0.5, 0.6) is 0 Å². The number of hydrogen-bond acceptors (Lipinski definition) is 6. The zero-order chi connectivity index (χ0) is 25.4. The van der Waals surface area contributed by atoms with Crippen molar-refractivity contribution in [3.05, 3.63) is 58.0 Å². The van der Waals surface area contributed by atoms with Gasteiger partial charge in [0.25, 0.3) is 0 Å². The third kappa shape index (κ3) is 5.04. The van der Waals surface area contributed by atoms with Crippen molar-refractivity contribution < 1.29 is 13.2 Å². The number of carbonyl (C=O) groups excluding carboxylic acids is 1. The Hall–Kier alpha value is -2.04. The molecule has 0 spiro atoms. The minimum atomic E-state index is -3.96. The fraction of sp³-hybridized carbons (Fsp3) is 0.462. The van der Waals surface area contributed by atoms with Crippen LogP contribution in [0.4, 0.5) is 0 Å². The van der Waals surface area contributed by atoms with Crippen molar-refractivity contribution in [3.63, 3.8) is 0 Å². The van der Waals surface area contributed by atoms with Crippen LogP contribution in [0.2, 0.25) is 5.02 Å². The van der Waals surface area contributed by atoms with Gasteiger partial charge < -0.3 is 9.80 Å². The Balaban J connectivity index is 1.43. The number of likely N-dealkylation sites (tertiary alicyclic amines) is 2. The van der Waals surface area contributed by atoms with E-state index in [2.05, 4.69) is 23.7 Å². The third-order valence-corrected chi connectivity index (χ3v) is 10.1. The standard InChI is InChI=1S/C26H31ClN4O3S2/c1-18(2)29-10-7-23(8-11-29)30-12-9-25(26(30)32)31(15-22-16-35-17-28-22)36(33,34)24-6-4-19-13-21(27)5-3-20(19)14-24/h3-6,13-14,16-18,23,25H,7-12,15H2,1-2H3/t25-/m0/s1. The normalized spacial score (nSPS) is 20.3. The largest absolute Gasteiger partial charge is 0.338 e. The minimum absolute atomic E-state index is 0.0700. The predicted octanol–water partition coefficient (Wildman–Crippen LogP) is 4.61. The van der Waals surface area contributed by atoms with E-state index >= 15 is 0 Å². The Labute approximate surface area is 221 Å². The second-order valence-electron chi connectivity index (χ2n) is 9.88. The summed E-state index contributed by atoms with van der Waals surface area (Å²) in [6, 6.07) is 10.3. The molecule has 3 aromatic rings. The number of amides is 1. The molecule has 2 aromatic carbocycles. The van der Waals surface area contributed by atoms with Gasteiger partial charge in [0, 0.05) is 42.1 Å². The van der Waals surface area contributed by atoms with Crippen molar-refractivity contribution in [3.8, 4) is 0 Å². The van der Waals surface area contributed by atoms with Gasteiger partial charge in [0.1, 0.15) is 6.04 Å². The smallest absolute Gasteiger partial charge is 0.244 e. The van der Waals surface area contributed by atoms with Crippen molar-refractivity contribution in [2.75, 3.05) is 19.6 Å². The van der Waals surface area contributed by atoms with Crippen LogP contribution in [0.25, 0.3) is 10.8 Å². The average Bonchev–Trinajstić information content (AvgIpc) is 3.51. The third-order valence-electron chi connectivity index (χ3n) is 7.41. The highest BCUT2D eigenvalue weighted by atomic mass is 35.5. The summed E-state index contributed by atoms with van der Waals surface area (Å²) in [7, 11) is -3.96. The number of rotatable bonds is 7. The van der Waals surface area contributed by atoms with Gasteiger partial charge in [-0.15, -0.1) is 11.3 Å². The first-order valence-corrected chi connectivity index (χ1v) is 15.1. The molecule has 0 saturated carbocycles. The number of fused-ring (bicyclic) bond motifs is 1. The van der Waals surface area contributed by atoms with Gasteiger partial charge in [-0.3, -0.25) is 4.79 Å². The number of hydrogen-bond donors (Lipinski definition) is 0. The molecular formula is C26H31ClN4O3S2. The van der Waals surface area contributed by atoms with Gasteiger partial charge in [-0.05, 0) is 68.1 Å². The number of piperidine rings is 1. The number of aromatic nitrogens is 1. The van der Waals surface area contributed by atoms with E-state index < -0.39 is 16.1 Å². The van der Waals surface area contributed by atoms with Gasteiger partial charge in [0.2, 0.25) is 15.9 Å². The van der Waals surface area contributed by atoms with Gasteiger partial charge in [-0.1, -0.05) is 23.7 Å². The monoisotopic (exact) mass is 546 g/mol. The molecular weight excluding hydrogens is 516 g/mol. The van der Waals surface area contributed by atoms with Crippen molar-refractivity contribution in [2.45, 2.75) is 62.7 Å². The second kappa shape index (κ2) is 10.4. The number of thiazole rings is 1. The van der Waals surface area contributed by atoms with Gasteiger partial charge >= 0.3 is 0 Å². The average molecular weight is 547 g/mol. The Morgan fingerprint density at radius 1 is 1.08 bits per heavy atom. The predicted molar refractivity (Wildman–Crippen MR) is 144 cm³/mol. The molecule has 5 rings (SSSR count). The molecule has 0 aliphatic carbocycles. The van der Waals surface area contributed by atoms with Crippen LogP contribution >= 0.6 is 22.9 Å². The Morgan fingerprint density at radius 2 is 1.81 bits per heavy atom. The van der Waals surface area contributed by atoms with Crippen LogP contribution in [0, 0.1) is 0 Å². The lowest BCUT2D eigenvalue weighted by molar-refractivity contribution is -0.133. The summed E-state index contributed by atoms with van der Waals surface area (Å²) >= 11 is 7.52. The number of nitrogens with zero attached hydrogens (tertiary/aromatic N) is 4. The number of carbonyl (C=O) groups is 1. The first-order valence-electron chi connectivity index (χ1n) is 12.4. The summed E-state index contributed by atoms with van der Waals surface area (Å²) in [5, 5.41) is 4.08. The highest BCUT2D eigenvalue weighted by Gasteiger charge is 2.44. The van der Waals surface area contributed by atoms with E-state index in [0.29, 0.717) is 29.7 Å². The lowest BCUT2D eigenvalue weighted by atomic mass is 10.0. The summed E-state index contributed by atoms with van der Waals surface area (Å²) in [5.74, 6) is -0.0932. The second-order valence-corrected chi connectivity index (χ2v) is 12.9. The molecule has 0 unspecified atom stereocenters. The summed E-state index contributed by atoms with van der Waals surface area (Å²) in [6.45, 7) is 6.95.